The molecule has 0 amide bonds. The molecule has 0 saturated carbocycles. The van der Waals surface area contributed by atoms with Gasteiger partial charge in [0.05, 0.1) is 22.8 Å². The van der Waals surface area contributed by atoms with Crippen LogP contribution in [0.5, 0.6) is 0 Å². The lowest BCUT2D eigenvalue weighted by Gasteiger charge is -2.20. The van der Waals surface area contributed by atoms with Crippen molar-refractivity contribution in [1.29, 1.82) is 0 Å². The quantitative estimate of drug-likeness (QED) is 0.755. The molecule has 5 rings (SSSR count). The molecule has 136 valence electrons. The molecule has 28 heavy (non-hydrogen) atoms. The van der Waals surface area contributed by atoms with Crippen molar-refractivity contribution in [2.75, 3.05) is 0 Å². The van der Waals surface area contributed by atoms with E-state index in [1.807, 2.05) is 42.5 Å². The van der Waals surface area contributed by atoms with Gasteiger partial charge >= 0.3 is 0 Å². The summed E-state index contributed by atoms with van der Waals surface area (Å²) >= 11 is 0. The Morgan fingerprint density at radius 2 is 1.64 bits per heavy atom. The summed E-state index contributed by atoms with van der Waals surface area (Å²) < 4.78 is 8.52. The number of hydrogen-bond acceptors (Lipinski definition) is 5. The molecule has 2 atom stereocenters. The Morgan fingerprint density at radius 3 is 2.32 bits per heavy atom. The van der Waals surface area contributed by atoms with Gasteiger partial charge in [-0.3, -0.25) is 4.79 Å². The third-order valence-corrected chi connectivity index (χ3v) is 4.76. The Hall–Kier alpha value is -3.80. The molecule has 4 aliphatic rings. The van der Waals surface area contributed by atoms with Crippen LogP contribution in [-0.4, -0.2) is 34.5 Å². The highest BCUT2D eigenvalue weighted by molar-refractivity contribution is 6.20. The minimum Gasteiger partial charge on any atom is -0.369 e. The fourth-order valence-electron chi connectivity index (χ4n) is 3.49. The van der Waals surface area contributed by atoms with Crippen LogP contribution in [-0.2, 0) is 9.59 Å². The molecule has 1 aromatic heterocycles. The minimum atomic E-state index is -1.38. The van der Waals surface area contributed by atoms with E-state index >= 15 is 0 Å². The summed E-state index contributed by atoms with van der Waals surface area (Å²) in [6, 6.07) is 3.91. The van der Waals surface area contributed by atoms with Crippen LogP contribution in [0.25, 0.3) is 12.2 Å². The largest absolute Gasteiger partial charge is 0.369 e. The Morgan fingerprint density at radius 1 is 0.964 bits per heavy atom. The molecule has 8 bridgehead atoms. The summed E-state index contributed by atoms with van der Waals surface area (Å²) in [5.41, 5.74) is 1.91. The van der Waals surface area contributed by atoms with Crippen LogP contribution in [0.4, 0.5) is 0 Å². The maximum atomic E-state index is 12.0. The first-order valence-electron chi connectivity index (χ1n) is 9.39. The van der Waals surface area contributed by atoms with Crippen LogP contribution in [0.15, 0.2) is 81.2 Å². The number of hydrogen-bond donors (Lipinski definition) is 2. The average Bonchev–Trinajstić information content (AvgIpc) is 3.47. The number of aromatic nitrogens is 1. The standard InChI is InChI=1S/C22H16N4O2/c27-12-14-10-22(13-28)11-20-6-5-18(25-20)8-16-2-1-15(23-16)7-17-3-4-19(24-17)9-21(14)26-22/h1-9,11-13,23,26H,10H2/i10D. The zero-order valence-electron chi connectivity index (χ0n) is 15.7. The molecule has 0 radical (unpaired) electrons. The van der Waals surface area contributed by atoms with Gasteiger partial charge in [-0.05, 0) is 60.7 Å². The van der Waals surface area contributed by atoms with E-state index in [4.69, 9.17) is 1.37 Å². The molecule has 5 heterocycles. The molecule has 0 aromatic carbocycles. The fraction of sp³-hybridized carbons (Fsp3) is 0.0909. The summed E-state index contributed by atoms with van der Waals surface area (Å²) in [5, 5.41) is 4.86. The fourth-order valence-corrected chi connectivity index (χ4v) is 3.49. The molecule has 6 nitrogen and oxygen atoms in total. The van der Waals surface area contributed by atoms with E-state index in [0.717, 1.165) is 22.1 Å². The van der Waals surface area contributed by atoms with Gasteiger partial charge in [0, 0.05) is 29.7 Å². The lowest BCUT2D eigenvalue weighted by molar-refractivity contribution is -0.111. The van der Waals surface area contributed by atoms with Crippen LogP contribution < -0.4 is 16.0 Å². The molecule has 1 aromatic rings. The minimum absolute atomic E-state index is 0.207. The Balaban J connectivity index is 1.74. The third kappa shape index (κ3) is 2.85. The van der Waals surface area contributed by atoms with E-state index in [1.165, 1.54) is 0 Å². The predicted octanol–water partition coefficient (Wildman–Crippen LogP) is 0.763. The van der Waals surface area contributed by atoms with Crippen molar-refractivity contribution < 1.29 is 11.0 Å². The van der Waals surface area contributed by atoms with Crippen LogP contribution in [0.2, 0.25) is 0 Å². The summed E-state index contributed by atoms with van der Waals surface area (Å²) in [4.78, 5) is 36.1. The lowest BCUT2D eigenvalue weighted by Crippen LogP contribution is -2.40. The first-order valence-corrected chi connectivity index (χ1v) is 8.81. The van der Waals surface area contributed by atoms with Gasteiger partial charge < -0.3 is 15.1 Å². The lowest BCUT2D eigenvalue weighted by atomic mass is 9.95. The highest BCUT2D eigenvalue weighted by Gasteiger charge is 2.36. The monoisotopic (exact) mass is 369 g/mol. The van der Waals surface area contributed by atoms with E-state index in [-0.39, 0.29) is 5.57 Å². The normalized spacial score (nSPS) is 27.7. The number of fused-ring (bicyclic) bond motifs is 6. The molecule has 2 N–H and O–H groups in total. The van der Waals surface area contributed by atoms with Crippen molar-refractivity contribution in [3.05, 3.63) is 82.0 Å². The highest BCUT2D eigenvalue weighted by Crippen LogP contribution is 2.30. The summed E-state index contributed by atoms with van der Waals surface area (Å²) in [5.74, 6) is 0. The van der Waals surface area contributed by atoms with Crippen LogP contribution in [0, 0.1) is 0 Å². The van der Waals surface area contributed by atoms with E-state index in [1.54, 1.807) is 18.2 Å². The molecule has 2 unspecified atom stereocenters. The molecule has 0 fully saturated rings. The van der Waals surface area contributed by atoms with Crippen molar-refractivity contribution in [3.8, 4) is 0 Å². The number of carbonyl (C=O) groups is 2. The number of nitrogens with one attached hydrogen (secondary N) is 2. The average molecular weight is 369 g/mol. The summed E-state index contributed by atoms with van der Waals surface area (Å²) in [6.07, 6.45) is 14.6. The Kier molecular flexibility index (Phi) is 3.34. The second kappa shape index (κ2) is 6.13. The second-order valence-corrected chi connectivity index (χ2v) is 6.84. The maximum Gasteiger partial charge on any atom is 0.149 e. The Bertz CT molecular complexity index is 1290. The number of aldehydes is 2. The van der Waals surface area contributed by atoms with Gasteiger partial charge in [-0.15, -0.1) is 0 Å². The van der Waals surface area contributed by atoms with Gasteiger partial charge in [-0.2, -0.15) is 0 Å². The van der Waals surface area contributed by atoms with Gasteiger partial charge in [0.1, 0.15) is 18.1 Å². The van der Waals surface area contributed by atoms with Crippen LogP contribution >= 0.6 is 0 Å². The number of nitrogens with zero attached hydrogens (tertiary/aromatic N) is 2. The first-order chi connectivity index (χ1) is 14.1. The van der Waals surface area contributed by atoms with E-state index < -0.39 is 11.9 Å². The van der Waals surface area contributed by atoms with Gasteiger partial charge in [-0.1, -0.05) is 0 Å². The smallest absolute Gasteiger partial charge is 0.149 e. The van der Waals surface area contributed by atoms with Gasteiger partial charge in [0.15, 0.2) is 0 Å². The van der Waals surface area contributed by atoms with Crippen LogP contribution in [0.3, 0.4) is 0 Å². The topological polar surface area (TPSA) is 86.7 Å². The Labute approximate surface area is 161 Å². The second-order valence-electron chi connectivity index (χ2n) is 6.84. The number of aliphatic imine (C=N–C) groups is 2. The van der Waals surface area contributed by atoms with E-state index in [9.17, 15) is 9.59 Å². The number of H-pyrrole nitrogens is 1. The van der Waals surface area contributed by atoms with Crippen LogP contribution in [0.1, 0.15) is 7.77 Å². The summed E-state index contributed by atoms with van der Waals surface area (Å²) in [6.45, 7) is 0. The van der Waals surface area contributed by atoms with E-state index in [0.29, 0.717) is 29.7 Å². The molecule has 6 heteroatoms. The molecular weight excluding hydrogens is 352 g/mol. The number of rotatable bonds is 2. The number of aromatic amines is 1. The van der Waals surface area contributed by atoms with Gasteiger partial charge in [-0.25, -0.2) is 9.98 Å². The SMILES string of the molecule is [2H]C1C(C=O)=C2C=C3C=CC(=N3)C=c3ccc([nH]3)=CC3=NC(=CC1(C=O)N2)C=C3. The zero-order chi connectivity index (χ0) is 20.0. The first kappa shape index (κ1) is 15.3. The van der Waals surface area contributed by atoms with Crippen molar-refractivity contribution in [3.63, 3.8) is 0 Å². The van der Waals surface area contributed by atoms with Crippen molar-refractivity contribution in [2.45, 2.75) is 11.9 Å². The zero-order valence-corrected chi connectivity index (χ0v) is 14.7. The highest BCUT2D eigenvalue weighted by atomic mass is 16.1. The molecule has 0 spiro atoms. The van der Waals surface area contributed by atoms with E-state index in [2.05, 4.69) is 20.3 Å². The van der Waals surface area contributed by atoms with Gasteiger partial charge in [0.2, 0.25) is 0 Å². The molecule has 0 saturated heterocycles. The van der Waals surface area contributed by atoms with Gasteiger partial charge in [0.25, 0.3) is 0 Å². The molecule has 0 aliphatic carbocycles. The predicted molar refractivity (Wildman–Crippen MR) is 108 cm³/mol. The maximum absolute atomic E-state index is 12.0. The van der Waals surface area contributed by atoms with Crippen molar-refractivity contribution >= 4 is 36.1 Å². The van der Waals surface area contributed by atoms with Crippen molar-refractivity contribution in [2.24, 2.45) is 9.98 Å². The summed E-state index contributed by atoms with van der Waals surface area (Å²) in [7, 11) is 0. The molecular formula is C22H16N4O2. The van der Waals surface area contributed by atoms with Crippen molar-refractivity contribution in [1.82, 2.24) is 10.3 Å². The molecule has 4 aliphatic heterocycles. The third-order valence-electron chi connectivity index (χ3n) is 4.76. The number of carbonyl (C=O) groups excluding carboxylic acids is 2. The number of allylic oxidation sites excluding steroid dienone is 5.